The van der Waals surface area contributed by atoms with Gasteiger partial charge in [0.1, 0.15) is 12.4 Å². The normalized spacial score (nSPS) is 19.1. The lowest BCUT2D eigenvalue weighted by Crippen LogP contribution is -2.38. The second kappa shape index (κ2) is 7.79. The standard InChI is InChI=1S/C21H24N2O3/c24-21(23-12-11-16-4-1-2-5-17(16)14-23)22-18-7-9-19(10-8-18)26-15-20-6-3-13-25-20/h1-2,4-5,7-10,20H,3,6,11-15H2,(H,22,24)/t20-/m1/s1. The molecule has 136 valence electrons. The summed E-state index contributed by atoms with van der Waals surface area (Å²) >= 11 is 0. The van der Waals surface area contributed by atoms with Crippen LogP contribution >= 0.6 is 0 Å². The molecule has 5 heteroatoms. The summed E-state index contributed by atoms with van der Waals surface area (Å²) in [6, 6.07) is 15.8. The van der Waals surface area contributed by atoms with Gasteiger partial charge in [-0.2, -0.15) is 0 Å². The van der Waals surface area contributed by atoms with Crippen LogP contribution in [-0.4, -0.2) is 36.8 Å². The Morgan fingerprint density at radius 3 is 2.73 bits per heavy atom. The van der Waals surface area contributed by atoms with E-state index in [1.54, 1.807) is 0 Å². The second-order valence-corrected chi connectivity index (χ2v) is 6.84. The molecule has 1 N–H and O–H groups in total. The van der Waals surface area contributed by atoms with E-state index in [2.05, 4.69) is 23.5 Å². The molecule has 2 aliphatic rings. The number of ether oxygens (including phenoxy) is 2. The molecule has 0 aromatic heterocycles. The van der Waals surface area contributed by atoms with Gasteiger partial charge in [0, 0.05) is 25.4 Å². The first-order valence-corrected chi connectivity index (χ1v) is 9.25. The van der Waals surface area contributed by atoms with Gasteiger partial charge in [-0.3, -0.25) is 0 Å². The molecule has 0 radical (unpaired) electrons. The van der Waals surface area contributed by atoms with Crippen LogP contribution in [0.1, 0.15) is 24.0 Å². The molecule has 2 aromatic carbocycles. The highest BCUT2D eigenvalue weighted by atomic mass is 16.5. The predicted octanol–water partition coefficient (Wildman–Crippen LogP) is 3.83. The van der Waals surface area contributed by atoms with Gasteiger partial charge in [0.15, 0.2) is 0 Å². The van der Waals surface area contributed by atoms with Gasteiger partial charge in [0.2, 0.25) is 0 Å². The van der Waals surface area contributed by atoms with Crippen molar-refractivity contribution in [2.24, 2.45) is 0 Å². The first kappa shape index (κ1) is 16.9. The monoisotopic (exact) mass is 352 g/mol. The van der Waals surface area contributed by atoms with Crippen LogP contribution in [0.3, 0.4) is 0 Å². The lowest BCUT2D eigenvalue weighted by atomic mass is 10.0. The SMILES string of the molecule is O=C(Nc1ccc(OC[C@H]2CCCO2)cc1)N1CCc2ccccc2C1. The van der Waals surface area contributed by atoms with Gasteiger partial charge in [-0.1, -0.05) is 24.3 Å². The quantitative estimate of drug-likeness (QED) is 0.910. The smallest absolute Gasteiger partial charge is 0.322 e. The minimum Gasteiger partial charge on any atom is -0.491 e. The minimum absolute atomic E-state index is 0.0625. The Morgan fingerprint density at radius 2 is 1.96 bits per heavy atom. The molecule has 26 heavy (non-hydrogen) atoms. The Bertz CT molecular complexity index is 754. The van der Waals surface area contributed by atoms with E-state index in [-0.39, 0.29) is 12.1 Å². The van der Waals surface area contributed by atoms with Gasteiger partial charge in [-0.15, -0.1) is 0 Å². The van der Waals surface area contributed by atoms with Crippen molar-refractivity contribution in [3.63, 3.8) is 0 Å². The molecule has 5 nitrogen and oxygen atoms in total. The van der Waals surface area contributed by atoms with Crippen LogP contribution in [0.2, 0.25) is 0 Å². The molecule has 2 amide bonds. The van der Waals surface area contributed by atoms with E-state index in [9.17, 15) is 4.79 Å². The number of nitrogens with zero attached hydrogens (tertiary/aromatic N) is 1. The first-order chi connectivity index (χ1) is 12.8. The number of fused-ring (bicyclic) bond motifs is 1. The molecule has 0 spiro atoms. The molecule has 0 saturated carbocycles. The van der Waals surface area contributed by atoms with Crippen molar-refractivity contribution in [2.75, 3.05) is 25.1 Å². The van der Waals surface area contributed by atoms with Crippen molar-refractivity contribution in [1.82, 2.24) is 4.90 Å². The van der Waals surface area contributed by atoms with Crippen molar-refractivity contribution in [3.8, 4) is 5.75 Å². The Kier molecular flexibility index (Phi) is 5.07. The maximum Gasteiger partial charge on any atom is 0.322 e. The van der Waals surface area contributed by atoms with Crippen LogP contribution in [0, 0.1) is 0 Å². The molecular weight excluding hydrogens is 328 g/mol. The summed E-state index contributed by atoms with van der Waals surface area (Å²) < 4.78 is 11.3. The Labute approximate surface area is 153 Å². The molecule has 0 aliphatic carbocycles. The average Bonchev–Trinajstić information content (AvgIpc) is 3.21. The Balaban J connectivity index is 1.30. The van der Waals surface area contributed by atoms with Crippen LogP contribution in [0.15, 0.2) is 48.5 Å². The summed E-state index contributed by atoms with van der Waals surface area (Å²) in [4.78, 5) is 14.4. The van der Waals surface area contributed by atoms with E-state index in [4.69, 9.17) is 9.47 Å². The molecule has 0 unspecified atom stereocenters. The number of urea groups is 1. The summed E-state index contributed by atoms with van der Waals surface area (Å²) in [5, 5.41) is 2.97. The average molecular weight is 352 g/mol. The van der Waals surface area contributed by atoms with Crippen molar-refractivity contribution in [1.29, 1.82) is 0 Å². The van der Waals surface area contributed by atoms with Crippen molar-refractivity contribution in [3.05, 3.63) is 59.7 Å². The van der Waals surface area contributed by atoms with E-state index >= 15 is 0 Å². The van der Waals surface area contributed by atoms with Crippen molar-refractivity contribution in [2.45, 2.75) is 31.9 Å². The van der Waals surface area contributed by atoms with E-state index in [1.807, 2.05) is 35.2 Å². The molecule has 1 atom stereocenters. The molecule has 2 heterocycles. The molecule has 1 saturated heterocycles. The number of hydrogen-bond acceptors (Lipinski definition) is 3. The molecule has 2 aliphatic heterocycles. The highest BCUT2D eigenvalue weighted by molar-refractivity contribution is 5.89. The van der Waals surface area contributed by atoms with Gasteiger partial charge >= 0.3 is 6.03 Å². The first-order valence-electron chi connectivity index (χ1n) is 9.25. The lowest BCUT2D eigenvalue weighted by Gasteiger charge is -2.29. The second-order valence-electron chi connectivity index (χ2n) is 6.84. The maximum atomic E-state index is 12.5. The third kappa shape index (κ3) is 3.99. The number of carbonyl (C=O) groups is 1. The lowest BCUT2D eigenvalue weighted by molar-refractivity contribution is 0.0679. The summed E-state index contributed by atoms with van der Waals surface area (Å²) in [5.74, 6) is 0.797. The number of nitrogens with one attached hydrogen (secondary N) is 1. The van der Waals surface area contributed by atoms with Gasteiger partial charge in [-0.25, -0.2) is 4.79 Å². The van der Waals surface area contributed by atoms with Gasteiger partial charge in [0.05, 0.1) is 6.10 Å². The molecule has 0 bridgehead atoms. The van der Waals surface area contributed by atoms with E-state index in [1.165, 1.54) is 11.1 Å². The zero-order valence-electron chi connectivity index (χ0n) is 14.8. The zero-order chi connectivity index (χ0) is 17.8. The number of carbonyl (C=O) groups excluding carboxylic acids is 1. The molecule has 2 aromatic rings. The zero-order valence-corrected chi connectivity index (χ0v) is 14.8. The number of amides is 2. The number of hydrogen-bond donors (Lipinski definition) is 1. The van der Waals surface area contributed by atoms with Crippen LogP contribution in [0.5, 0.6) is 5.75 Å². The molecule has 1 fully saturated rings. The Morgan fingerprint density at radius 1 is 1.15 bits per heavy atom. The minimum atomic E-state index is -0.0625. The highest BCUT2D eigenvalue weighted by Crippen LogP contribution is 2.21. The van der Waals surface area contributed by atoms with Crippen LogP contribution in [0.25, 0.3) is 0 Å². The van der Waals surface area contributed by atoms with E-state index in [0.717, 1.165) is 43.9 Å². The molecule has 4 rings (SSSR count). The van der Waals surface area contributed by atoms with Crippen molar-refractivity contribution < 1.29 is 14.3 Å². The van der Waals surface area contributed by atoms with Crippen LogP contribution in [-0.2, 0) is 17.7 Å². The summed E-state index contributed by atoms with van der Waals surface area (Å²) in [6.07, 6.45) is 3.28. The largest absolute Gasteiger partial charge is 0.491 e. The van der Waals surface area contributed by atoms with Crippen LogP contribution in [0.4, 0.5) is 10.5 Å². The third-order valence-electron chi connectivity index (χ3n) is 4.98. The summed E-state index contributed by atoms with van der Waals surface area (Å²) in [5.41, 5.74) is 3.34. The topological polar surface area (TPSA) is 50.8 Å². The van der Waals surface area contributed by atoms with Crippen molar-refractivity contribution >= 4 is 11.7 Å². The third-order valence-corrected chi connectivity index (χ3v) is 4.98. The molecular formula is C21H24N2O3. The fraction of sp³-hybridized carbons (Fsp3) is 0.381. The fourth-order valence-corrected chi connectivity index (χ4v) is 3.47. The van der Waals surface area contributed by atoms with Crippen LogP contribution < -0.4 is 10.1 Å². The van der Waals surface area contributed by atoms with Gasteiger partial charge in [-0.05, 0) is 54.7 Å². The number of rotatable bonds is 4. The van der Waals surface area contributed by atoms with Gasteiger partial charge in [0.25, 0.3) is 0 Å². The summed E-state index contributed by atoms with van der Waals surface area (Å²) in [7, 11) is 0. The van der Waals surface area contributed by atoms with Gasteiger partial charge < -0.3 is 19.7 Å². The number of anilines is 1. The highest BCUT2D eigenvalue weighted by Gasteiger charge is 2.20. The predicted molar refractivity (Wildman–Crippen MR) is 100 cm³/mol. The maximum absolute atomic E-state index is 12.5. The summed E-state index contributed by atoms with van der Waals surface area (Å²) in [6.45, 7) is 2.81. The fourth-order valence-electron chi connectivity index (χ4n) is 3.47. The van der Waals surface area contributed by atoms with E-state index < -0.39 is 0 Å². The number of benzene rings is 2. The van der Waals surface area contributed by atoms with E-state index in [0.29, 0.717) is 13.2 Å². The Hall–Kier alpha value is -2.53.